The van der Waals surface area contributed by atoms with E-state index < -0.39 is 17.6 Å². The fraction of sp³-hybridized carbons (Fsp3) is 0.579. The van der Waals surface area contributed by atoms with Gasteiger partial charge in [-0.25, -0.2) is 9.18 Å². The highest BCUT2D eigenvalue weighted by molar-refractivity contribution is 5.87. The molecule has 26 heavy (non-hydrogen) atoms. The minimum atomic E-state index is -1.26. The van der Waals surface area contributed by atoms with Gasteiger partial charge < -0.3 is 19.5 Å². The van der Waals surface area contributed by atoms with Gasteiger partial charge in [0.2, 0.25) is 0 Å². The average Bonchev–Trinajstić information content (AvgIpc) is 3.47. The van der Waals surface area contributed by atoms with Crippen molar-refractivity contribution in [2.24, 2.45) is 0 Å². The van der Waals surface area contributed by atoms with Crippen molar-refractivity contribution in [1.29, 1.82) is 0 Å². The number of rotatable bonds is 4. The Morgan fingerprint density at radius 2 is 1.96 bits per heavy atom. The van der Waals surface area contributed by atoms with E-state index in [0.29, 0.717) is 17.0 Å². The minimum Gasteiger partial charge on any atom is -0.477 e. The van der Waals surface area contributed by atoms with Crippen molar-refractivity contribution >= 4 is 12.0 Å². The minimum absolute atomic E-state index is 0.0398. The lowest BCUT2D eigenvalue weighted by Gasteiger charge is -2.39. The van der Waals surface area contributed by atoms with Gasteiger partial charge in [0.25, 0.3) is 0 Å². The summed E-state index contributed by atoms with van der Waals surface area (Å²) in [5.74, 6) is -1.24. The zero-order valence-corrected chi connectivity index (χ0v) is 14.9. The molecule has 1 saturated heterocycles. The van der Waals surface area contributed by atoms with Crippen LogP contribution in [0.3, 0.4) is 0 Å². The molecule has 1 saturated carbocycles. The Kier molecular flexibility index (Phi) is 4.34. The summed E-state index contributed by atoms with van der Waals surface area (Å²) < 4.78 is 16.8. The molecule has 1 aliphatic heterocycles. The number of likely N-dealkylation sites (N-methyl/N-ethyl adjacent to an activating group) is 1. The number of pyridine rings is 1. The van der Waals surface area contributed by atoms with E-state index in [1.165, 1.54) is 6.20 Å². The molecule has 1 N–H and O–H groups in total. The fourth-order valence-electron chi connectivity index (χ4n) is 3.99. The van der Waals surface area contributed by atoms with E-state index in [4.69, 9.17) is 0 Å². The number of allylic oxidation sites excluding steroid dienone is 1. The third kappa shape index (κ3) is 2.94. The highest BCUT2D eigenvalue weighted by atomic mass is 19.1. The quantitative estimate of drug-likeness (QED) is 0.885. The zero-order valence-electron chi connectivity index (χ0n) is 14.9. The van der Waals surface area contributed by atoms with Crippen LogP contribution >= 0.6 is 0 Å². The zero-order chi connectivity index (χ0) is 18.4. The van der Waals surface area contributed by atoms with Crippen molar-refractivity contribution in [3.8, 4) is 0 Å². The first-order valence-corrected chi connectivity index (χ1v) is 9.33. The van der Waals surface area contributed by atoms with E-state index in [1.807, 2.05) is 4.57 Å². The average molecular weight is 361 g/mol. The number of aromatic carboxylic acids is 1. The molecule has 2 heterocycles. The van der Waals surface area contributed by atoms with E-state index in [1.54, 1.807) is 6.08 Å². The predicted molar refractivity (Wildman–Crippen MR) is 96.2 cm³/mol. The standard InChI is InChI=1S/C19H24FN3O3/c1-2-21-5-7-22(8-6-21)17-10-16-13(9-15(17)20)18(24)14(19(25)26)11-23(16)12-3-4-12/h10-12,15H,2-9H2,1H3,(H,25,26). The Balaban J connectivity index is 1.75. The van der Waals surface area contributed by atoms with Crippen LogP contribution in [0.2, 0.25) is 0 Å². The molecule has 4 rings (SSSR count). The van der Waals surface area contributed by atoms with Crippen molar-refractivity contribution in [1.82, 2.24) is 14.4 Å². The topological polar surface area (TPSA) is 65.8 Å². The molecule has 0 aromatic carbocycles. The number of carboxylic acid groups (broad SMARTS) is 1. The molecule has 6 nitrogen and oxygen atoms in total. The van der Waals surface area contributed by atoms with Gasteiger partial charge in [0.1, 0.15) is 11.7 Å². The summed E-state index contributed by atoms with van der Waals surface area (Å²) >= 11 is 0. The largest absolute Gasteiger partial charge is 0.477 e. The molecule has 2 aliphatic carbocycles. The summed E-state index contributed by atoms with van der Waals surface area (Å²) in [4.78, 5) is 28.4. The highest BCUT2D eigenvalue weighted by Crippen LogP contribution is 2.38. The molecule has 0 spiro atoms. The molecule has 1 aromatic heterocycles. The third-order valence-electron chi connectivity index (χ3n) is 5.72. The van der Waals surface area contributed by atoms with Crippen LogP contribution in [0.15, 0.2) is 16.7 Å². The number of carboxylic acids is 1. The number of halogens is 1. The van der Waals surface area contributed by atoms with E-state index in [2.05, 4.69) is 16.7 Å². The molecular weight excluding hydrogens is 337 g/mol. The third-order valence-corrected chi connectivity index (χ3v) is 5.72. The summed E-state index contributed by atoms with van der Waals surface area (Å²) in [7, 11) is 0. The van der Waals surface area contributed by atoms with Gasteiger partial charge in [0.05, 0.1) is 11.4 Å². The Bertz CT molecular complexity index is 820. The first kappa shape index (κ1) is 17.3. The summed E-state index contributed by atoms with van der Waals surface area (Å²) in [6.07, 6.45) is 3.86. The summed E-state index contributed by atoms with van der Waals surface area (Å²) in [6.45, 7) is 6.47. The van der Waals surface area contributed by atoms with Gasteiger partial charge in [-0.05, 0) is 25.5 Å². The molecule has 1 atom stereocenters. The molecule has 140 valence electrons. The van der Waals surface area contributed by atoms with Gasteiger partial charge in [0, 0.05) is 50.4 Å². The number of fused-ring (bicyclic) bond motifs is 1. The lowest BCUT2D eigenvalue weighted by molar-refractivity contribution is 0.0694. The second-order valence-electron chi connectivity index (χ2n) is 7.34. The Morgan fingerprint density at radius 1 is 1.27 bits per heavy atom. The van der Waals surface area contributed by atoms with Crippen LogP contribution in [0, 0.1) is 0 Å². The normalized spacial score (nSPS) is 23.5. The second-order valence-corrected chi connectivity index (χ2v) is 7.34. The van der Waals surface area contributed by atoms with Gasteiger partial charge in [-0.1, -0.05) is 6.92 Å². The first-order chi connectivity index (χ1) is 12.5. The molecule has 0 radical (unpaired) electrons. The molecule has 1 unspecified atom stereocenters. The van der Waals surface area contributed by atoms with Crippen LogP contribution in [-0.4, -0.2) is 64.3 Å². The molecule has 2 fully saturated rings. The number of aromatic nitrogens is 1. The SMILES string of the molecule is CCN1CCN(C2=Cc3c(c(=O)c(C(=O)O)cn3C3CC3)CC2F)CC1. The molecular formula is C19H24FN3O3. The van der Waals surface area contributed by atoms with Crippen LogP contribution in [0.5, 0.6) is 0 Å². The molecule has 1 aromatic rings. The van der Waals surface area contributed by atoms with E-state index in [0.717, 1.165) is 45.6 Å². The Morgan fingerprint density at radius 3 is 2.54 bits per heavy atom. The van der Waals surface area contributed by atoms with Gasteiger partial charge in [0.15, 0.2) is 5.43 Å². The smallest absolute Gasteiger partial charge is 0.341 e. The maximum Gasteiger partial charge on any atom is 0.341 e. The van der Waals surface area contributed by atoms with Gasteiger partial charge in [-0.15, -0.1) is 0 Å². The van der Waals surface area contributed by atoms with Crippen LogP contribution in [0.4, 0.5) is 4.39 Å². The van der Waals surface area contributed by atoms with Gasteiger partial charge in [-0.3, -0.25) is 4.79 Å². The second kappa shape index (κ2) is 6.54. The van der Waals surface area contributed by atoms with E-state index in [9.17, 15) is 19.1 Å². The molecule has 0 amide bonds. The van der Waals surface area contributed by atoms with Crippen LogP contribution < -0.4 is 5.43 Å². The fourth-order valence-corrected chi connectivity index (χ4v) is 3.99. The van der Waals surface area contributed by atoms with Crippen LogP contribution in [-0.2, 0) is 6.42 Å². The predicted octanol–water partition coefficient (Wildman–Crippen LogP) is 1.75. The van der Waals surface area contributed by atoms with Crippen molar-refractivity contribution in [2.75, 3.05) is 32.7 Å². The number of hydrogen-bond donors (Lipinski definition) is 1. The van der Waals surface area contributed by atoms with Gasteiger partial charge >= 0.3 is 5.97 Å². The van der Waals surface area contributed by atoms with Crippen molar-refractivity contribution < 1.29 is 14.3 Å². The monoisotopic (exact) mass is 361 g/mol. The van der Waals surface area contributed by atoms with E-state index >= 15 is 0 Å². The number of alkyl halides is 1. The summed E-state index contributed by atoms with van der Waals surface area (Å²) in [6, 6.07) is 0.216. The number of piperazine rings is 1. The first-order valence-electron chi connectivity index (χ1n) is 9.33. The number of hydrogen-bond acceptors (Lipinski definition) is 4. The Labute approximate surface area is 151 Å². The van der Waals surface area contributed by atoms with Crippen LogP contribution in [0.1, 0.15) is 47.4 Å². The molecule has 7 heteroatoms. The maximum absolute atomic E-state index is 14.9. The van der Waals surface area contributed by atoms with E-state index in [-0.39, 0.29) is 18.0 Å². The number of carbonyl (C=O) groups is 1. The maximum atomic E-state index is 14.9. The summed E-state index contributed by atoms with van der Waals surface area (Å²) in [5.41, 5.74) is 0.837. The summed E-state index contributed by atoms with van der Waals surface area (Å²) in [5, 5.41) is 9.33. The molecule has 3 aliphatic rings. The van der Waals surface area contributed by atoms with Crippen LogP contribution in [0.25, 0.3) is 6.08 Å². The number of nitrogens with zero attached hydrogens (tertiary/aromatic N) is 3. The van der Waals surface area contributed by atoms with Crippen molar-refractivity contribution in [3.05, 3.63) is 38.9 Å². The Hall–Kier alpha value is -2.15. The lowest BCUT2D eigenvalue weighted by atomic mass is 9.94. The van der Waals surface area contributed by atoms with Gasteiger partial charge in [-0.2, -0.15) is 0 Å². The van der Waals surface area contributed by atoms with Crippen molar-refractivity contribution in [3.63, 3.8) is 0 Å². The van der Waals surface area contributed by atoms with Crippen molar-refractivity contribution in [2.45, 2.75) is 38.4 Å². The highest BCUT2D eigenvalue weighted by Gasteiger charge is 2.34. The molecule has 0 bridgehead atoms. The lowest BCUT2D eigenvalue weighted by Crippen LogP contribution is -2.47.